The van der Waals surface area contributed by atoms with Gasteiger partial charge in [-0.2, -0.15) is 4.31 Å². The first-order valence-electron chi connectivity index (χ1n) is 8.37. The summed E-state index contributed by atoms with van der Waals surface area (Å²) in [5.41, 5.74) is 6.35. The Morgan fingerprint density at radius 2 is 1.92 bits per heavy atom. The molecule has 0 radical (unpaired) electrons. The van der Waals surface area contributed by atoms with Gasteiger partial charge in [0.2, 0.25) is 10.0 Å². The predicted octanol–water partition coefficient (Wildman–Crippen LogP) is 2.04. The number of sulfonamides is 1. The maximum atomic E-state index is 12.7. The highest BCUT2D eigenvalue weighted by Gasteiger charge is 2.29. The van der Waals surface area contributed by atoms with Gasteiger partial charge in [-0.05, 0) is 44.9 Å². The first kappa shape index (κ1) is 19.5. The lowest BCUT2D eigenvalue weighted by molar-refractivity contribution is 0.0260. The smallest absolute Gasteiger partial charge is 0.410 e. The molecule has 1 aliphatic rings. The first-order chi connectivity index (χ1) is 11.6. The average molecular weight is 369 g/mol. The molecule has 0 aliphatic carbocycles. The normalized spacial score (nSPS) is 17.2. The lowest BCUT2D eigenvalue weighted by Crippen LogP contribution is -2.40. The maximum absolute atomic E-state index is 12.7. The summed E-state index contributed by atoms with van der Waals surface area (Å²) in [6, 6.07) is 6.88. The quantitative estimate of drug-likeness (QED) is 0.823. The Bertz CT molecular complexity index is 713. The summed E-state index contributed by atoms with van der Waals surface area (Å²) < 4.78 is 32.2. The van der Waals surface area contributed by atoms with Crippen LogP contribution in [0.1, 0.15) is 32.8 Å². The minimum atomic E-state index is -3.46. The van der Waals surface area contributed by atoms with Crippen molar-refractivity contribution in [1.82, 2.24) is 9.21 Å². The van der Waals surface area contributed by atoms with Crippen LogP contribution in [0.5, 0.6) is 0 Å². The largest absolute Gasteiger partial charge is 0.444 e. The van der Waals surface area contributed by atoms with Crippen LogP contribution in [0.3, 0.4) is 0 Å². The molecule has 1 fully saturated rings. The average Bonchev–Trinajstić information content (AvgIpc) is 2.71. The summed E-state index contributed by atoms with van der Waals surface area (Å²) in [5, 5.41) is 0. The highest BCUT2D eigenvalue weighted by atomic mass is 32.2. The fraction of sp³-hybridized carbons (Fsp3) is 0.588. The standard InChI is InChI=1S/C17H27N3O4S/c1-17(2,3)24-16(21)19-8-5-9-20(11-10-19)25(22,23)13-14-6-4-7-15(18)12-14/h4,6-7,12H,5,8-11,13,18H2,1-3H3. The van der Waals surface area contributed by atoms with Crippen LogP contribution in [0.2, 0.25) is 0 Å². The van der Waals surface area contributed by atoms with Crippen LogP contribution in [0.4, 0.5) is 10.5 Å². The lowest BCUT2D eigenvalue weighted by atomic mass is 10.2. The fourth-order valence-corrected chi connectivity index (χ4v) is 4.22. The van der Waals surface area contributed by atoms with Gasteiger partial charge in [0.25, 0.3) is 0 Å². The van der Waals surface area contributed by atoms with Crippen molar-refractivity contribution in [3.05, 3.63) is 29.8 Å². The van der Waals surface area contributed by atoms with Crippen molar-refractivity contribution in [2.45, 2.75) is 38.5 Å². The molecular weight excluding hydrogens is 342 g/mol. The molecule has 0 aromatic heterocycles. The SMILES string of the molecule is CC(C)(C)OC(=O)N1CCCN(S(=O)(=O)Cc2cccc(N)c2)CC1. The second-order valence-electron chi connectivity index (χ2n) is 7.22. The number of nitrogens with zero attached hydrogens (tertiary/aromatic N) is 2. The summed E-state index contributed by atoms with van der Waals surface area (Å²) in [6.45, 7) is 6.90. The van der Waals surface area contributed by atoms with E-state index in [0.717, 1.165) is 0 Å². The minimum absolute atomic E-state index is 0.0928. The molecule has 1 saturated heterocycles. The van der Waals surface area contributed by atoms with Gasteiger partial charge in [-0.25, -0.2) is 13.2 Å². The van der Waals surface area contributed by atoms with Crippen molar-refractivity contribution in [2.24, 2.45) is 0 Å². The van der Waals surface area contributed by atoms with Gasteiger partial charge in [0.05, 0.1) is 5.75 Å². The van der Waals surface area contributed by atoms with E-state index in [1.54, 1.807) is 29.2 Å². The molecule has 1 heterocycles. The van der Waals surface area contributed by atoms with E-state index >= 15 is 0 Å². The van der Waals surface area contributed by atoms with Gasteiger partial charge in [-0.1, -0.05) is 12.1 Å². The van der Waals surface area contributed by atoms with E-state index in [9.17, 15) is 13.2 Å². The van der Waals surface area contributed by atoms with Crippen molar-refractivity contribution >= 4 is 21.8 Å². The highest BCUT2D eigenvalue weighted by molar-refractivity contribution is 7.88. The summed E-state index contributed by atoms with van der Waals surface area (Å²) in [7, 11) is -3.46. The van der Waals surface area contributed by atoms with Crippen molar-refractivity contribution in [1.29, 1.82) is 0 Å². The number of benzene rings is 1. The van der Waals surface area contributed by atoms with Crippen LogP contribution < -0.4 is 5.73 Å². The van der Waals surface area contributed by atoms with Gasteiger partial charge in [0.1, 0.15) is 5.60 Å². The topological polar surface area (TPSA) is 92.9 Å². The summed E-state index contributed by atoms with van der Waals surface area (Å²) in [5.74, 6) is -0.0928. The highest BCUT2D eigenvalue weighted by Crippen LogP contribution is 2.17. The molecule has 2 N–H and O–H groups in total. The Labute approximate surface area is 149 Å². The van der Waals surface area contributed by atoms with Gasteiger partial charge in [0.15, 0.2) is 0 Å². The molecule has 1 aromatic carbocycles. The molecule has 140 valence electrons. The number of carbonyl (C=O) groups excluding carboxylic acids is 1. The summed E-state index contributed by atoms with van der Waals surface area (Å²) in [6.07, 6.45) is 0.178. The Morgan fingerprint density at radius 3 is 2.56 bits per heavy atom. The van der Waals surface area contributed by atoms with Gasteiger partial charge in [-0.3, -0.25) is 0 Å². The molecule has 0 spiro atoms. The van der Waals surface area contributed by atoms with E-state index in [0.29, 0.717) is 37.3 Å². The number of rotatable bonds is 3. The van der Waals surface area contributed by atoms with Crippen LogP contribution in [0, 0.1) is 0 Å². The molecule has 25 heavy (non-hydrogen) atoms. The number of nitrogens with two attached hydrogens (primary N) is 1. The van der Waals surface area contributed by atoms with Crippen LogP contribution >= 0.6 is 0 Å². The Balaban J connectivity index is 2.00. The molecule has 0 unspecified atom stereocenters. The van der Waals surface area contributed by atoms with Crippen LogP contribution in [-0.2, 0) is 20.5 Å². The van der Waals surface area contributed by atoms with E-state index in [1.165, 1.54) is 4.31 Å². The summed E-state index contributed by atoms with van der Waals surface area (Å²) in [4.78, 5) is 13.7. The number of ether oxygens (including phenoxy) is 1. The van der Waals surface area contributed by atoms with Gasteiger partial charge >= 0.3 is 6.09 Å². The summed E-state index contributed by atoms with van der Waals surface area (Å²) >= 11 is 0. The third-order valence-electron chi connectivity index (χ3n) is 3.80. The fourth-order valence-electron chi connectivity index (χ4n) is 2.67. The van der Waals surface area contributed by atoms with Crippen molar-refractivity contribution in [3.63, 3.8) is 0 Å². The minimum Gasteiger partial charge on any atom is -0.444 e. The molecule has 0 bridgehead atoms. The van der Waals surface area contributed by atoms with Crippen molar-refractivity contribution in [2.75, 3.05) is 31.9 Å². The van der Waals surface area contributed by atoms with Gasteiger partial charge in [0, 0.05) is 31.9 Å². The zero-order valence-corrected chi connectivity index (χ0v) is 15.9. The van der Waals surface area contributed by atoms with E-state index in [1.807, 2.05) is 20.8 Å². The molecule has 2 rings (SSSR count). The molecule has 0 saturated carbocycles. The molecular formula is C17H27N3O4S. The maximum Gasteiger partial charge on any atom is 0.410 e. The number of nitrogen functional groups attached to an aromatic ring is 1. The zero-order valence-electron chi connectivity index (χ0n) is 15.1. The number of hydrogen-bond donors (Lipinski definition) is 1. The predicted molar refractivity (Wildman–Crippen MR) is 97.5 cm³/mol. The number of anilines is 1. The zero-order chi connectivity index (χ0) is 18.7. The Kier molecular flexibility index (Phi) is 5.95. The third-order valence-corrected chi connectivity index (χ3v) is 5.65. The Hall–Kier alpha value is -1.80. The molecule has 1 aromatic rings. The second kappa shape index (κ2) is 7.61. The molecule has 1 aliphatic heterocycles. The van der Waals surface area contributed by atoms with Gasteiger partial charge in [-0.15, -0.1) is 0 Å². The van der Waals surface area contributed by atoms with Crippen LogP contribution in [0.15, 0.2) is 24.3 Å². The van der Waals surface area contributed by atoms with Gasteiger partial charge < -0.3 is 15.4 Å². The van der Waals surface area contributed by atoms with E-state index in [4.69, 9.17) is 10.5 Å². The number of amides is 1. The van der Waals surface area contributed by atoms with Crippen molar-refractivity contribution < 1.29 is 17.9 Å². The van der Waals surface area contributed by atoms with E-state index in [2.05, 4.69) is 0 Å². The second-order valence-corrected chi connectivity index (χ2v) is 9.19. The van der Waals surface area contributed by atoms with E-state index < -0.39 is 21.7 Å². The molecule has 1 amide bonds. The van der Waals surface area contributed by atoms with Crippen molar-refractivity contribution in [3.8, 4) is 0 Å². The monoisotopic (exact) mass is 369 g/mol. The molecule has 8 heteroatoms. The number of carbonyl (C=O) groups is 1. The third kappa shape index (κ3) is 5.89. The molecule has 0 atom stereocenters. The van der Waals surface area contributed by atoms with Crippen LogP contribution in [-0.4, -0.2) is 55.5 Å². The number of hydrogen-bond acceptors (Lipinski definition) is 5. The van der Waals surface area contributed by atoms with Crippen LogP contribution in [0.25, 0.3) is 0 Å². The van der Waals surface area contributed by atoms with E-state index in [-0.39, 0.29) is 12.3 Å². The molecule has 7 nitrogen and oxygen atoms in total. The lowest BCUT2D eigenvalue weighted by Gasteiger charge is -2.26. The Morgan fingerprint density at radius 1 is 1.20 bits per heavy atom. The first-order valence-corrected chi connectivity index (χ1v) is 9.98.